The highest BCUT2D eigenvalue weighted by Crippen LogP contribution is 2.53. The van der Waals surface area contributed by atoms with Crippen LogP contribution in [0, 0.1) is 31.1 Å². The predicted molar refractivity (Wildman–Crippen MR) is 174 cm³/mol. The monoisotopic (exact) mass is 574 g/mol. The van der Waals surface area contributed by atoms with Gasteiger partial charge in [0.1, 0.15) is 11.5 Å². The molecule has 3 heterocycles. The number of hydrogen-bond acceptors (Lipinski definition) is 5. The van der Waals surface area contributed by atoms with E-state index >= 15 is 0 Å². The third-order valence-corrected chi connectivity index (χ3v) is 9.96. The Balaban J connectivity index is 1.36. The molecule has 1 aromatic heterocycles. The van der Waals surface area contributed by atoms with Gasteiger partial charge in [-0.1, -0.05) is 25.8 Å². The predicted octanol–water partition coefficient (Wildman–Crippen LogP) is 8.50. The van der Waals surface area contributed by atoms with Crippen LogP contribution in [0.2, 0.25) is 0 Å². The highest BCUT2D eigenvalue weighted by Gasteiger charge is 2.43. The molecular formula is C37H54N2O3. The van der Waals surface area contributed by atoms with Gasteiger partial charge in [-0.2, -0.15) is 0 Å². The van der Waals surface area contributed by atoms with Gasteiger partial charge in [-0.05, 0) is 162 Å². The van der Waals surface area contributed by atoms with Gasteiger partial charge in [0.05, 0.1) is 13.7 Å². The number of furan rings is 1. The maximum Gasteiger partial charge on any atom is 0.161 e. The zero-order valence-corrected chi connectivity index (χ0v) is 26.7. The molecule has 230 valence electrons. The molecule has 2 saturated heterocycles. The lowest BCUT2D eigenvalue weighted by molar-refractivity contribution is 0.0168. The number of rotatable bonds is 13. The van der Waals surface area contributed by atoms with Crippen LogP contribution in [0.25, 0.3) is 11.1 Å². The van der Waals surface area contributed by atoms with Gasteiger partial charge in [-0.25, -0.2) is 0 Å². The molecule has 0 unspecified atom stereocenters. The molecule has 5 heteroatoms. The molecule has 1 aliphatic carbocycles. The molecule has 0 amide bonds. The lowest BCUT2D eigenvalue weighted by Crippen LogP contribution is -2.45. The van der Waals surface area contributed by atoms with E-state index in [1.54, 1.807) is 7.11 Å². The molecule has 0 radical (unpaired) electrons. The van der Waals surface area contributed by atoms with Crippen LogP contribution < -0.4 is 20.1 Å². The Morgan fingerprint density at radius 2 is 1.76 bits per heavy atom. The van der Waals surface area contributed by atoms with Crippen molar-refractivity contribution in [2.45, 2.75) is 91.4 Å². The van der Waals surface area contributed by atoms with Crippen LogP contribution in [0.4, 0.5) is 0 Å². The summed E-state index contributed by atoms with van der Waals surface area (Å²) in [5, 5.41) is 7.00. The second-order valence-corrected chi connectivity index (χ2v) is 13.3. The van der Waals surface area contributed by atoms with Crippen LogP contribution in [-0.4, -0.2) is 39.9 Å². The van der Waals surface area contributed by atoms with Crippen molar-refractivity contribution in [2.24, 2.45) is 17.3 Å². The van der Waals surface area contributed by atoms with Crippen molar-refractivity contribution in [3.05, 3.63) is 59.1 Å². The Labute approximate surface area is 254 Å². The highest BCUT2D eigenvalue weighted by molar-refractivity contribution is 5.84. The van der Waals surface area contributed by atoms with Gasteiger partial charge in [-0.3, -0.25) is 0 Å². The van der Waals surface area contributed by atoms with Crippen LogP contribution >= 0.6 is 0 Å². The standard InChI is InChI=1S/C37H54N2O3/c1-5-6-9-32(34-12-11-28(3)42-34)22-31(10-7-8-30-24-37(25-30)15-19-39-20-16-37)33-23-35(40-4)36(21-27(33)2)41-26-29-13-17-38-18-14-29/h9,11-12,21-23,29-30,38-39H,5-8,10,13-20,24-26H2,1-4H3/b31-22-,32-9-. The van der Waals surface area contributed by atoms with Crippen molar-refractivity contribution in [1.82, 2.24) is 10.6 Å². The molecule has 3 aliphatic rings. The summed E-state index contributed by atoms with van der Waals surface area (Å²) in [6.45, 7) is 11.8. The van der Waals surface area contributed by atoms with E-state index in [-0.39, 0.29) is 0 Å². The van der Waals surface area contributed by atoms with Gasteiger partial charge in [-0.15, -0.1) is 0 Å². The molecular weight excluding hydrogens is 520 g/mol. The Morgan fingerprint density at radius 1 is 1.00 bits per heavy atom. The Morgan fingerprint density at radius 3 is 2.45 bits per heavy atom. The molecule has 5 rings (SSSR count). The van der Waals surface area contributed by atoms with Gasteiger partial charge in [0, 0.05) is 5.57 Å². The first-order valence-electron chi connectivity index (χ1n) is 16.7. The molecule has 2 aromatic rings. The minimum Gasteiger partial charge on any atom is -0.493 e. The minimum atomic E-state index is 0.602. The third kappa shape index (κ3) is 7.90. The summed E-state index contributed by atoms with van der Waals surface area (Å²) in [5.74, 6) is 5.08. The number of unbranched alkanes of at least 4 members (excludes halogenated alkanes) is 1. The fourth-order valence-corrected chi connectivity index (χ4v) is 7.44. The topological polar surface area (TPSA) is 55.7 Å². The molecule has 3 fully saturated rings. The average molecular weight is 575 g/mol. The number of methoxy groups -OCH3 is 1. The van der Waals surface area contributed by atoms with E-state index in [9.17, 15) is 0 Å². The number of piperidine rings is 2. The summed E-state index contributed by atoms with van der Waals surface area (Å²) in [6.07, 6.45) is 18.4. The third-order valence-electron chi connectivity index (χ3n) is 9.96. The van der Waals surface area contributed by atoms with E-state index in [0.717, 1.165) is 67.9 Å². The molecule has 2 N–H and O–H groups in total. The lowest BCUT2D eigenvalue weighted by Gasteiger charge is -2.50. The summed E-state index contributed by atoms with van der Waals surface area (Å²) in [7, 11) is 1.76. The zero-order chi connectivity index (χ0) is 29.4. The fraction of sp³-hybridized carbons (Fsp3) is 0.622. The summed E-state index contributed by atoms with van der Waals surface area (Å²) in [4.78, 5) is 0. The van der Waals surface area contributed by atoms with Crippen molar-refractivity contribution in [2.75, 3.05) is 39.9 Å². The van der Waals surface area contributed by atoms with Crippen LogP contribution in [0.15, 0.2) is 40.8 Å². The Kier molecular flexibility index (Phi) is 10.9. The molecule has 0 bridgehead atoms. The molecule has 42 heavy (non-hydrogen) atoms. The van der Waals surface area contributed by atoms with E-state index in [4.69, 9.17) is 13.9 Å². The van der Waals surface area contributed by atoms with E-state index in [0.29, 0.717) is 11.3 Å². The van der Waals surface area contributed by atoms with Crippen LogP contribution in [0.5, 0.6) is 11.5 Å². The second-order valence-electron chi connectivity index (χ2n) is 13.3. The van der Waals surface area contributed by atoms with E-state index in [1.165, 1.54) is 86.7 Å². The number of allylic oxidation sites excluding steroid dienone is 4. The number of ether oxygens (including phenoxy) is 2. The Hall–Kier alpha value is -2.50. The molecule has 1 aromatic carbocycles. The van der Waals surface area contributed by atoms with Gasteiger partial charge in [0.2, 0.25) is 0 Å². The fourth-order valence-electron chi connectivity index (χ4n) is 7.44. The summed E-state index contributed by atoms with van der Waals surface area (Å²) >= 11 is 0. The van der Waals surface area contributed by atoms with Crippen molar-refractivity contribution in [3.63, 3.8) is 0 Å². The van der Waals surface area contributed by atoms with Gasteiger partial charge in [0.25, 0.3) is 0 Å². The smallest absolute Gasteiger partial charge is 0.161 e. The van der Waals surface area contributed by atoms with E-state index < -0.39 is 0 Å². The number of aryl methyl sites for hydroxylation is 2. The summed E-state index contributed by atoms with van der Waals surface area (Å²) < 4.78 is 18.4. The largest absolute Gasteiger partial charge is 0.493 e. The van der Waals surface area contributed by atoms with Crippen LogP contribution in [-0.2, 0) is 0 Å². The van der Waals surface area contributed by atoms with Crippen molar-refractivity contribution in [3.8, 4) is 11.5 Å². The summed E-state index contributed by atoms with van der Waals surface area (Å²) in [5.41, 5.74) is 5.69. The first kappa shape index (κ1) is 30.9. The minimum absolute atomic E-state index is 0.602. The van der Waals surface area contributed by atoms with Gasteiger partial charge in [0.15, 0.2) is 11.5 Å². The number of hydrogen-bond donors (Lipinski definition) is 2. The normalized spacial score (nSPS) is 20.1. The molecule has 1 saturated carbocycles. The lowest BCUT2D eigenvalue weighted by atomic mass is 9.57. The van der Waals surface area contributed by atoms with Crippen molar-refractivity contribution < 1.29 is 13.9 Å². The summed E-state index contributed by atoms with van der Waals surface area (Å²) in [6, 6.07) is 8.60. The van der Waals surface area contributed by atoms with Crippen molar-refractivity contribution >= 4 is 11.1 Å². The number of nitrogens with one attached hydrogen (secondary N) is 2. The van der Waals surface area contributed by atoms with Gasteiger partial charge >= 0.3 is 0 Å². The second kappa shape index (κ2) is 14.8. The van der Waals surface area contributed by atoms with Crippen molar-refractivity contribution in [1.29, 1.82) is 0 Å². The molecule has 0 atom stereocenters. The zero-order valence-electron chi connectivity index (χ0n) is 26.7. The first-order valence-corrected chi connectivity index (χ1v) is 16.7. The molecule has 2 aliphatic heterocycles. The van der Waals surface area contributed by atoms with Crippen LogP contribution in [0.3, 0.4) is 0 Å². The Bertz CT molecular complexity index is 1210. The maximum atomic E-state index is 6.38. The highest BCUT2D eigenvalue weighted by atomic mass is 16.5. The average Bonchev–Trinajstić information content (AvgIpc) is 3.43. The number of benzene rings is 1. The van der Waals surface area contributed by atoms with Crippen LogP contribution in [0.1, 0.15) is 100 Å². The van der Waals surface area contributed by atoms with E-state index in [2.05, 4.69) is 60.9 Å². The molecule has 1 spiro atoms. The SMILES string of the molecule is CCC/C=C(/C=C(/CCCC1CC2(CCNCC2)C1)c1cc(OC)c(OCC2CCNCC2)cc1C)c1ccc(C)o1. The quantitative estimate of drug-likeness (QED) is 0.235. The molecule has 5 nitrogen and oxygen atoms in total. The van der Waals surface area contributed by atoms with E-state index in [1.807, 2.05) is 6.92 Å². The van der Waals surface area contributed by atoms with Gasteiger partial charge < -0.3 is 24.5 Å². The maximum absolute atomic E-state index is 6.38. The first-order chi connectivity index (χ1) is 20.5.